The Kier molecular flexibility index (Phi) is 187. The molecule has 2 atom stereocenters. The third-order valence-electron chi connectivity index (χ3n) is 0. The van der Waals surface area contributed by atoms with Crippen LogP contribution >= 0.6 is 41.7 Å². The zero-order chi connectivity index (χ0) is 5.41. The molecule has 0 N–H and O–H groups in total. The molecule has 0 amide bonds. The largest absolute Gasteiger partial charge is 0.321 e. The molecule has 0 rings (SSSR count). The second kappa shape index (κ2) is 54.2. The second-order valence-electron chi connectivity index (χ2n) is 0.408. The molecule has 55 valence electrons. The molecule has 0 fully saturated rings. The summed E-state index contributed by atoms with van der Waals surface area (Å²) in [6.45, 7) is 3.19. The molecule has 2 nitrogen and oxygen atoms in total. The predicted molar refractivity (Wildman–Crippen MR) is 44.3 cm³/mol. The smallest absolute Gasteiger partial charge is 0.147 e. The zero-order valence-corrected chi connectivity index (χ0v) is 10.6. The first-order valence-electron chi connectivity index (χ1n) is 1.41. The molecule has 0 saturated heterocycles. The van der Waals surface area contributed by atoms with E-state index in [-0.39, 0.29) is 67.6 Å². The van der Waals surface area contributed by atoms with E-state index in [0.29, 0.717) is 0 Å². The van der Waals surface area contributed by atoms with Crippen LogP contribution in [0.2, 0.25) is 0 Å². The van der Waals surface area contributed by atoms with Crippen molar-refractivity contribution in [3.05, 3.63) is 0 Å². The van der Waals surface area contributed by atoms with Gasteiger partial charge in [-0.05, 0) is 0 Å². The molecule has 0 aromatic carbocycles. The molecule has 0 aromatic rings. The van der Waals surface area contributed by atoms with Crippen molar-refractivity contribution >= 4 is 41.7 Å². The Morgan fingerprint density at radius 3 is 0.889 bits per heavy atom. The van der Waals surface area contributed by atoms with Gasteiger partial charge in [-0.15, -0.1) is 24.8 Å². The van der Waals surface area contributed by atoms with Crippen LogP contribution < -0.4 is 0 Å². The maximum atomic E-state index is 8.96. The van der Waals surface area contributed by atoms with Crippen molar-refractivity contribution in [2.75, 3.05) is 13.3 Å². The first-order chi connectivity index (χ1) is 2.83. The van der Waals surface area contributed by atoms with Crippen LogP contribution in [0.4, 0.5) is 0 Å². The van der Waals surface area contributed by atoms with Crippen molar-refractivity contribution < 1.29 is 35.0 Å². The maximum absolute atomic E-state index is 8.96. The summed E-state index contributed by atoms with van der Waals surface area (Å²) in [6.07, 6.45) is 0. The van der Waals surface area contributed by atoms with E-state index in [0.717, 1.165) is 0 Å². The van der Waals surface area contributed by atoms with Crippen molar-refractivity contribution in [1.82, 2.24) is 0 Å². The maximum Gasteiger partial charge on any atom is 0.321 e. The van der Waals surface area contributed by atoms with Crippen molar-refractivity contribution in [3.63, 3.8) is 0 Å². The van der Waals surface area contributed by atoms with Gasteiger partial charge in [-0.1, -0.05) is 9.13 Å². The second-order valence-corrected chi connectivity index (χ2v) is 1.22. The number of rotatable bonds is 0. The molecule has 0 bridgehead atoms. The average Bonchev–Trinajstić information content (AvgIpc) is 1.39. The van der Waals surface area contributed by atoms with Gasteiger partial charge in [0.15, 0.2) is 0 Å². The van der Waals surface area contributed by atoms with Gasteiger partial charge >= 0.3 is 16.9 Å². The monoisotopic (exact) mass is 243 g/mol. The topological polar surface area (TPSA) is 34.1 Å². The van der Waals surface area contributed by atoms with Crippen LogP contribution in [0, 0.1) is 0 Å². The molecule has 0 aliphatic heterocycles. The molecule has 0 heterocycles. The summed E-state index contributed by atoms with van der Waals surface area (Å²) >= 11 is 0. The number of hydrogen-bond acceptors (Lipinski definition) is 2. The Balaban J connectivity index is -0.00000000889. The van der Waals surface area contributed by atoms with E-state index in [1.54, 1.807) is 13.3 Å². The van der Waals surface area contributed by atoms with E-state index < -0.39 is 0 Å². The van der Waals surface area contributed by atoms with Gasteiger partial charge in [0.2, 0.25) is 0 Å². The molecular formula is C2H10Cl2O2P2Sc+2. The third kappa shape index (κ3) is 207. The molecule has 0 saturated carbocycles. The minimum absolute atomic E-state index is 0. The van der Waals surface area contributed by atoms with E-state index in [1.807, 2.05) is 0 Å². The molecule has 7 heteroatoms. The van der Waals surface area contributed by atoms with Crippen LogP contribution in [0.5, 0.6) is 0 Å². The van der Waals surface area contributed by atoms with E-state index in [9.17, 15) is 0 Å². The summed E-state index contributed by atoms with van der Waals surface area (Å²) in [6, 6.07) is 0. The number of halogens is 2. The first-order valence-corrected chi connectivity index (χ1v) is 4.22. The fourth-order valence-corrected chi connectivity index (χ4v) is 0. The van der Waals surface area contributed by atoms with Crippen LogP contribution in [0.15, 0.2) is 0 Å². The van der Waals surface area contributed by atoms with E-state index >= 15 is 0 Å². The molecule has 9 heavy (non-hydrogen) atoms. The predicted octanol–water partition coefficient (Wildman–Crippen LogP) is 2.12. The van der Waals surface area contributed by atoms with Gasteiger partial charge in [0, 0.05) is 25.8 Å². The van der Waals surface area contributed by atoms with Gasteiger partial charge < -0.3 is 0 Å². The fraction of sp³-hybridized carbons (Fsp3) is 1.00. The van der Waals surface area contributed by atoms with Crippen molar-refractivity contribution in [2.45, 2.75) is 0 Å². The average molecular weight is 244 g/mol. The molecule has 0 aromatic heterocycles. The van der Waals surface area contributed by atoms with Crippen LogP contribution in [0.1, 0.15) is 0 Å². The minimum Gasteiger partial charge on any atom is -0.147 e. The summed E-state index contributed by atoms with van der Waals surface area (Å²) in [5.41, 5.74) is 0. The summed E-state index contributed by atoms with van der Waals surface area (Å²) in [7, 11) is -0.333. The summed E-state index contributed by atoms with van der Waals surface area (Å²) < 4.78 is 17.9. The molecule has 1 radical (unpaired) electrons. The normalized spacial score (nSPS) is 4.67. The van der Waals surface area contributed by atoms with Crippen LogP contribution in [0.3, 0.4) is 0 Å². The molecular weight excluding hydrogens is 234 g/mol. The molecule has 0 aliphatic carbocycles. The Hall–Kier alpha value is 1.65. The molecule has 0 spiro atoms. The summed E-state index contributed by atoms with van der Waals surface area (Å²) in [4.78, 5) is 0. The quantitative estimate of drug-likeness (QED) is 0.611. The van der Waals surface area contributed by atoms with E-state index in [2.05, 4.69) is 0 Å². The summed E-state index contributed by atoms with van der Waals surface area (Å²) in [5.74, 6) is 0. The Bertz CT molecular complexity index is 41.5. The summed E-state index contributed by atoms with van der Waals surface area (Å²) in [5, 5.41) is 0. The van der Waals surface area contributed by atoms with Crippen LogP contribution in [-0.2, 0) is 35.0 Å². The van der Waals surface area contributed by atoms with E-state index in [4.69, 9.17) is 9.13 Å². The Morgan fingerprint density at radius 2 is 0.889 bits per heavy atom. The first kappa shape index (κ1) is 31.1. The van der Waals surface area contributed by atoms with Crippen LogP contribution in [-0.4, -0.2) is 13.3 Å². The molecule has 0 aliphatic rings. The fourth-order valence-electron chi connectivity index (χ4n) is 0. The Labute approximate surface area is 89.6 Å². The SMILES string of the molecule is C[PH+]=O.C[PH+]=O.Cl.Cl.[Sc]. The van der Waals surface area contributed by atoms with Gasteiger partial charge in [-0.2, -0.15) is 0 Å². The third-order valence-corrected chi connectivity index (χ3v) is 0. The minimum atomic E-state index is -0.167. The molecule has 2 unspecified atom stereocenters. The van der Waals surface area contributed by atoms with Crippen molar-refractivity contribution in [1.29, 1.82) is 0 Å². The van der Waals surface area contributed by atoms with Gasteiger partial charge in [0.05, 0.1) is 0 Å². The zero-order valence-electron chi connectivity index (χ0n) is 5.21. The van der Waals surface area contributed by atoms with Crippen molar-refractivity contribution in [3.8, 4) is 0 Å². The van der Waals surface area contributed by atoms with Gasteiger partial charge in [0.1, 0.15) is 13.3 Å². The Morgan fingerprint density at radius 1 is 0.889 bits per heavy atom. The van der Waals surface area contributed by atoms with Gasteiger partial charge in [0.25, 0.3) is 0 Å². The van der Waals surface area contributed by atoms with Crippen LogP contribution in [0.25, 0.3) is 0 Å². The van der Waals surface area contributed by atoms with Gasteiger partial charge in [-0.25, -0.2) is 0 Å². The van der Waals surface area contributed by atoms with Crippen molar-refractivity contribution in [2.24, 2.45) is 0 Å². The van der Waals surface area contributed by atoms with E-state index in [1.165, 1.54) is 0 Å². The number of hydrogen-bond donors (Lipinski definition) is 0. The standard InChI is InChI=1S/2CH3OP.2ClH.Sc/c2*1-3-2;;;/h2*1H3;2*1H;/p+2. The van der Waals surface area contributed by atoms with Gasteiger partial charge in [-0.3, -0.25) is 0 Å².